The minimum absolute atomic E-state index is 0.0921. The van der Waals surface area contributed by atoms with Crippen molar-refractivity contribution in [3.8, 4) is 0 Å². The number of nitrogens with one attached hydrogen (secondary N) is 1. The Balaban J connectivity index is 3.99. The van der Waals surface area contributed by atoms with E-state index in [4.69, 9.17) is 11.1 Å². The lowest BCUT2D eigenvalue weighted by atomic mass is 10.5. The van der Waals surface area contributed by atoms with Crippen LogP contribution in [-0.4, -0.2) is 30.1 Å². The molecule has 0 aromatic heterocycles. The Labute approximate surface area is 62.5 Å². The molecule has 3 N–H and O–H groups in total. The van der Waals surface area contributed by atoms with E-state index in [2.05, 4.69) is 0 Å². The van der Waals surface area contributed by atoms with Crippen LogP contribution in [0.5, 0.6) is 0 Å². The van der Waals surface area contributed by atoms with E-state index in [1.165, 1.54) is 6.92 Å². The predicted molar refractivity (Wildman–Crippen MR) is 35.2 cm³/mol. The Morgan fingerprint density at radius 2 is 2.00 bits per heavy atom. The SMILES string of the molecule is CCN(CC(F)(F)F)C(=N)N. The molecule has 11 heavy (non-hydrogen) atoms. The van der Waals surface area contributed by atoms with Gasteiger partial charge in [-0.1, -0.05) is 0 Å². The molecule has 66 valence electrons. The molecule has 0 atom stereocenters. The van der Waals surface area contributed by atoms with Crippen LogP contribution in [0.2, 0.25) is 0 Å². The number of hydrogen-bond acceptors (Lipinski definition) is 1. The maximum atomic E-state index is 11.7. The van der Waals surface area contributed by atoms with Gasteiger partial charge in [0, 0.05) is 6.54 Å². The summed E-state index contributed by atoms with van der Waals surface area (Å²) in [7, 11) is 0. The molecule has 0 unspecified atom stereocenters. The number of guanidine groups is 1. The van der Waals surface area contributed by atoms with Crippen molar-refractivity contribution in [1.29, 1.82) is 5.41 Å². The highest BCUT2D eigenvalue weighted by molar-refractivity contribution is 5.74. The molecule has 0 aliphatic heterocycles. The summed E-state index contributed by atoms with van der Waals surface area (Å²) in [5, 5.41) is 6.74. The highest BCUT2D eigenvalue weighted by Gasteiger charge is 2.30. The fourth-order valence-electron chi connectivity index (χ4n) is 0.584. The van der Waals surface area contributed by atoms with Crippen molar-refractivity contribution in [2.24, 2.45) is 5.73 Å². The Kier molecular flexibility index (Phi) is 3.16. The van der Waals surface area contributed by atoms with E-state index in [1.807, 2.05) is 0 Å². The molecule has 0 aromatic carbocycles. The van der Waals surface area contributed by atoms with Gasteiger partial charge in [-0.2, -0.15) is 13.2 Å². The van der Waals surface area contributed by atoms with Gasteiger partial charge in [0.1, 0.15) is 6.54 Å². The summed E-state index contributed by atoms with van der Waals surface area (Å²) in [6.07, 6.45) is -4.29. The molecular weight excluding hydrogens is 159 g/mol. The third-order valence-electron chi connectivity index (χ3n) is 1.09. The first-order valence-electron chi connectivity index (χ1n) is 3.02. The van der Waals surface area contributed by atoms with Gasteiger partial charge in [-0.25, -0.2) is 0 Å². The largest absolute Gasteiger partial charge is 0.406 e. The van der Waals surface area contributed by atoms with Gasteiger partial charge in [0.25, 0.3) is 0 Å². The van der Waals surface area contributed by atoms with Crippen LogP contribution >= 0.6 is 0 Å². The smallest absolute Gasteiger partial charge is 0.370 e. The third kappa shape index (κ3) is 4.46. The lowest BCUT2D eigenvalue weighted by Gasteiger charge is -2.21. The lowest BCUT2D eigenvalue weighted by Crippen LogP contribution is -2.42. The molecule has 3 nitrogen and oxygen atoms in total. The minimum atomic E-state index is -4.29. The number of hydrogen-bond donors (Lipinski definition) is 2. The highest BCUT2D eigenvalue weighted by atomic mass is 19.4. The zero-order valence-electron chi connectivity index (χ0n) is 6.07. The first-order valence-corrected chi connectivity index (χ1v) is 3.02. The average molecular weight is 169 g/mol. The van der Waals surface area contributed by atoms with E-state index in [1.54, 1.807) is 0 Å². The van der Waals surface area contributed by atoms with E-state index in [9.17, 15) is 13.2 Å². The number of halogens is 3. The fraction of sp³-hybridized carbons (Fsp3) is 0.800. The quantitative estimate of drug-likeness (QED) is 0.473. The predicted octanol–water partition coefficient (Wildman–Crippen LogP) is 0.764. The summed E-state index contributed by atoms with van der Waals surface area (Å²) in [6, 6.07) is 0. The van der Waals surface area contributed by atoms with E-state index in [-0.39, 0.29) is 6.54 Å². The highest BCUT2D eigenvalue weighted by Crippen LogP contribution is 2.15. The molecule has 0 saturated carbocycles. The first-order chi connectivity index (χ1) is 4.87. The summed E-state index contributed by atoms with van der Waals surface area (Å²) in [6.45, 7) is 0.445. The van der Waals surface area contributed by atoms with Gasteiger partial charge in [0.2, 0.25) is 0 Å². The average Bonchev–Trinajstić information content (AvgIpc) is 1.80. The maximum absolute atomic E-state index is 11.7. The van der Waals surface area contributed by atoms with Crippen LogP contribution in [0, 0.1) is 5.41 Å². The van der Waals surface area contributed by atoms with Crippen LogP contribution in [0.4, 0.5) is 13.2 Å². The van der Waals surface area contributed by atoms with Gasteiger partial charge in [0.05, 0.1) is 0 Å². The molecule has 0 spiro atoms. The maximum Gasteiger partial charge on any atom is 0.406 e. The van der Waals surface area contributed by atoms with Gasteiger partial charge in [-0.3, -0.25) is 5.41 Å². The molecule has 0 aliphatic rings. The van der Waals surface area contributed by atoms with Crippen LogP contribution in [0.1, 0.15) is 6.92 Å². The fourth-order valence-corrected chi connectivity index (χ4v) is 0.584. The van der Waals surface area contributed by atoms with Crippen LogP contribution in [0.15, 0.2) is 0 Å². The molecule has 0 aliphatic carbocycles. The van der Waals surface area contributed by atoms with Crippen LogP contribution in [-0.2, 0) is 0 Å². The number of alkyl halides is 3. The van der Waals surface area contributed by atoms with E-state index in [0.29, 0.717) is 0 Å². The van der Waals surface area contributed by atoms with E-state index in [0.717, 1.165) is 4.90 Å². The molecule has 0 fully saturated rings. The molecule has 0 aromatic rings. The van der Waals surface area contributed by atoms with Crippen molar-refractivity contribution < 1.29 is 13.2 Å². The topological polar surface area (TPSA) is 53.1 Å². The molecule has 0 rings (SSSR count). The zero-order chi connectivity index (χ0) is 9.07. The second-order valence-electron chi connectivity index (χ2n) is 2.01. The standard InChI is InChI=1S/C5H10F3N3/c1-2-11(4(9)10)3-5(6,7)8/h2-3H2,1H3,(H3,9,10). The second kappa shape index (κ2) is 3.45. The molecular formula is C5H10F3N3. The lowest BCUT2D eigenvalue weighted by molar-refractivity contribution is -0.137. The van der Waals surface area contributed by atoms with Crippen molar-refractivity contribution in [3.05, 3.63) is 0 Å². The summed E-state index contributed by atoms with van der Waals surface area (Å²) in [5.74, 6) is -0.551. The Morgan fingerprint density at radius 3 is 2.09 bits per heavy atom. The molecule has 0 heterocycles. The number of nitrogens with zero attached hydrogens (tertiary/aromatic N) is 1. The van der Waals surface area contributed by atoms with Crippen LogP contribution < -0.4 is 5.73 Å². The van der Waals surface area contributed by atoms with E-state index < -0.39 is 18.7 Å². The minimum Gasteiger partial charge on any atom is -0.370 e. The van der Waals surface area contributed by atoms with Crippen molar-refractivity contribution >= 4 is 5.96 Å². The monoisotopic (exact) mass is 169 g/mol. The molecule has 6 heteroatoms. The van der Waals surface area contributed by atoms with Crippen molar-refractivity contribution in [2.45, 2.75) is 13.1 Å². The summed E-state index contributed by atoms with van der Waals surface area (Å²) in [5.41, 5.74) is 4.86. The normalized spacial score (nSPS) is 11.3. The Hall–Kier alpha value is -0.940. The number of rotatable bonds is 2. The van der Waals surface area contributed by atoms with Gasteiger partial charge >= 0.3 is 6.18 Å². The molecule has 0 bridgehead atoms. The Bertz CT molecular complexity index is 142. The first kappa shape index (κ1) is 10.1. The van der Waals surface area contributed by atoms with Crippen molar-refractivity contribution in [2.75, 3.05) is 13.1 Å². The van der Waals surface area contributed by atoms with Crippen molar-refractivity contribution in [3.63, 3.8) is 0 Å². The van der Waals surface area contributed by atoms with Crippen LogP contribution in [0.25, 0.3) is 0 Å². The van der Waals surface area contributed by atoms with Gasteiger partial charge < -0.3 is 10.6 Å². The summed E-state index contributed by atoms with van der Waals surface area (Å²) < 4.78 is 35.0. The molecule has 0 saturated heterocycles. The molecule has 0 amide bonds. The van der Waals surface area contributed by atoms with Gasteiger partial charge in [-0.15, -0.1) is 0 Å². The van der Waals surface area contributed by atoms with E-state index >= 15 is 0 Å². The summed E-state index contributed by atoms with van der Waals surface area (Å²) >= 11 is 0. The molecule has 0 radical (unpaired) electrons. The number of nitrogens with two attached hydrogens (primary N) is 1. The zero-order valence-corrected chi connectivity index (χ0v) is 6.07. The van der Waals surface area contributed by atoms with Gasteiger partial charge in [0.15, 0.2) is 5.96 Å². The second-order valence-corrected chi connectivity index (χ2v) is 2.01. The van der Waals surface area contributed by atoms with Gasteiger partial charge in [-0.05, 0) is 6.92 Å². The third-order valence-corrected chi connectivity index (χ3v) is 1.09. The Morgan fingerprint density at radius 1 is 1.55 bits per heavy atom. The van der Waals surface area contributed by atoms with Crippen LogP contribution in [0.3, 0.4) is 0 Å². The summed E-state index contributed by atoms with van der Waals surface area (Å²) in [4.78, 5) is 0.736. The van der Waals surface area contributed by atoms with Crippen molar-refractivity contribution in [1.82, 2.24) is 4.90 Å².